The highest BCUT2D eigenvalue weighted by molar-refractivity contribution is 5.82. The molecule has 3 rings (SSSR count). The second kappa shape index (κ2) is 6.09. The van der Waals surface area contributed by atoms with E-state index in [4.69, 9.17) is 0 Å². The lowest BCUT2D eigenvalue weighted by atomic mass is 9.98. The Morgan fingerprint density at radius 2 is 1.50 bits per heavy atom. The van der Waals surface area contributed by atoms with Crippen molar-refractivity contribution < 1.29 is 5.11 Å². The second-order valence-electron chi connectivity index (χ2n) is 5.90. The molecule has 0 fully saturated rings. The van der Waals surface area contributed by atoms with Gasteiger partial charge in [-0.05, 0) is 12.5 Å². The van der Waals surface area contributed by atoms with Crippen LogP contribution in [0.1, 0.15) is 37.9 Å². The van der Waals surface area contributed by atoms with E-state index in [9.17, 15) is 24.3 Å². The Morgan fingerprint density at radius 3 is 2.08 bits per heavy atom. The highest BCUT2D eigenvalue weighted by Gasteiger charge is 2.18. The van der Waals surface area contributed by atoms with E-state index >= 15 is 0 Å². The lowest BCUT2D eigenvalue weighted by Gasteiger charge is -2.09. The van der Waals surface area contributed by atoms with Crippen molar-refractivity contribution in [3.63, 3.8) is 0 Å². The van der Waals surface area contributed by atoms with Crippen LogP contribution in [0.3, 0.4) is 0 Å². The van der Waals surface area contributed by atoms with Crippen LogP contribution in [0, 0.1) is 10.4 Å². The summed E-state index contributed by atoms with van der Waals surface area (Å²) in [7, 11) is 0. The van der Waals surface area contributed by atoms with Gasteiger partial charge in [-0.25, -0.2) is 0 Å². The van der Waals surface area contributed by atoms with Crippen LogP contribution in [-0.4, -0.2) is 5.11 Å². The van der Waals surface area contributed by atoms with E-state index in [1.54, 1.807) is 12.1 Å². The predicted molar refractivity (Wildman–Crippen MR) is 91.2 cm³/mol. The normalized spacial score (nSPS) is 12.8. The topological polar surface area (TPSA) is 88.5 Å². The van der Waals surface area contributed by atoms with E-state index in [0.29, 0.717) is 12.8 Å². The average molecular weight is 324 g/mol. The van der Waals surface area contributed by atoms with Crippen molar-refractivity contribution in [1.82, 2.24) is 0 Å². The van der Waals surface area contributed by atoms with Gasteiger partial charge in [-0.2, -0.15) is 0 Å². The maximum atomic E-state index is 12.7. The quantitative estimate of drug-likeness (QED) is 0.776. The van der Waals surface area contributed by atoms with Crippen LogP contribution in [0.25, 0.3) is 10.8 Å². The first-order valence-electron chi connectivity index (χ1n) is 7.88. The lowest BCUT2D eigenvalue weighted by molar-refractivity contribution is 0.163. The van der Waals surface area contributed by atoms with Gasteiger partial charge in [0.15, 0.2) is 21.7 Å². The molecule has 1 N–H and O–H groups in total. The molecule has 1 atom stereocenters. The van der Waals surface area contributed by atoms with Crippen molar-refractivity contribution in [3.05, 3.63) is 87.2 Å². The Hall–Kier alpha value is -2.66. The molecule has 5 nitrogen and oxygen atoms in total. The highest BCUT2D eigenvalue weighted by atomic mass is 16.3. The maximum absolute atomic E-state index is 12.7. The lowest BCUT2D eigenvalue weighted by Crippen LogP contribution is -2.31. The molecule has 0 saturated carbocycles. The van der Waals surface area contributed by atoms with Gasteiger partial charge >= 0.3 is 0 Å². The SMILES string of the molecule is CCCCC(O)c1cc(=O)c2c(=O)c3ccccc3c(=O)c=2c1=O. The highest BCUT2D eigenvalue weighted by Crippen LogP contribution is 2.15. The van der Waals surface area contributed by atoms with E-state index in [1.807, 2.05) is 6.92 Å². The van der Waals surface area contributed by atoms with Crippen molar-refractivity contribution in [2.45, 2.75) is 32.3 Å². The van der Waals surface area contributed by atoms with Gasteiger partial charge in [0.05, 0.1) is 16.5 Å². The molecule has 0 radical (unpaired) electrons. The summed E-state index contributed by atoms with van der Waals surface area (Å²) in [4.78, 5) is 50.2. The third kappa shape index (κ3) is 2.37. The number of hydrogen-bond acceptors (Lipinski definition) is 5. The fourth-order valence-corrected chi connectivity index (χ4v) is 3.05. The molecule has 2 aliphatic rings. The van der Waals surface area contributed by atoms with E-state index < -0.39 is 33.0 Å². The molecule has 0 saturated heterocycles. The third-order valence-electron chi connectivity index (χ3n) is 4.33. The zero-order valence-corrected chi connectivity index (χ0v) is 13.2. The van der Waals surface area contributed by atoms with Gasteiger partial charge in [0, 0.05) is 16.3 Å². The first-order chi connectivity index (χ1) is 11.5. The van der Waals surface area contributed by atoms with E-state index in [-0.39, 0.29) is 21.6 Å². The van der Waals surface area contributed by atoms with Gasteiger partial charge in [0.1, 0.15) is 0 Å². The second-order valence-corrected chi connectivity index (χ2v) is 5.90. The Kier molecular flexibility index (Phi) is 4.11. The molecule has 0 heterocycles. The summed E-state index contributed by atoms with van der Waals surface area (Å²) < 4.78 is 0. The monoisotopic (exact) mass is 324 g/mol. The van der Waals surface area contributed by atoms with Gasteiger partial charge in [-0.3, -0.25) is 19.2 Å². The Balaban J connectivity index is 2.52. The Morgan fingerprint density at radius 1 is 0.917 bits per heavy atom. The summed E-state index contributed by atoms with van der Waals surface area (Å²) in [6.45, 7) is 1.94. The summed E-state index contributed by atoms with van der Waals surface area (Å²) in [5, 5.41) is 9.63. The molecule has 0 bridgehead atoms. The van der Waals surface area contributed by atoms with Crippen LogP contribution in [0.15, 0.2) is 49.5 Å². The minimum atomic E-state index is -1.12. The zero-order valence-electron chi connectivity index (χ0n) is 13.2. The number of rotatable bonds is 4. The van der Waals surface area contributed by atoms with Gasteiger partial charge in [0.2, 0.25) is 0 Å². The molecule has 122 valence electrons. The number of hydrogen-bond donors (Lipinski definition) is 1. The van der Waals surface area contributed by atoms with Gasteiger partial charge in [-0.1, -0.05) is 44.0 Å². The first-order valence-corrected chi connectivity index (χ1v) is 7.88. The summed E-state index contributed by atoms with van der Waals surface area (Å²) in [6.07, 6.45) is 0.714. The molecule has 24 heavy (non-hydrogen) atoms. The summed E-state index contributed by atoms with van der Waals surface area (Å²) >= 11 is 0. The summed E-state index contributed by atoms with van der Waals surface area (Å²) in [6, 6.07) is 7.12. The van der Waals surface area contributed by atoms with Crippen LogP contribution in [0.2, 0.25) is 0 Å². The molecule has 0 spiro atoms. The van der Waals surface area contributed by atoms with Gasteiger partial charge in [-0.15, -0.1) is 0 Å². The zero-order chi connectivity index (χ0) is 17.4. The van der Waals surface area contributed by atoms with Crippen molar-refractivity contribution in [2.24, 2.45) is 0 Å². The Bertz CT molecular complexity index is 1190. The molecule has 0 aliphatic heterocycles. The number of unbranched alkanes of at least 4 members (excludes halogenated alkanes) is 1. The van der Waals surface area contributed by atoms with Crippen molar-refractivity contribution >= 4 is 10.8 Å². The smallest absolute Gasteiger partial charge is 0.198 e. The fraction of sp³-hybridized carbons (Fsp3) is 0.263. The van der Waals surface area contributed by atoms with Crippen LogP contribution in [-0.2, 0) is 0 Å². The Labute approximate surface area is 136 Å². The third-order valence-corrected chi connectivity index (χ3v) is 4.33. The minimum absolute atomic E-state index is 0.104. The molecular weight excluding hydrogens is 308 g/mol. The average Bonchev–Trinajstić information content (AvgIpc) is 2.59. The van der Waals surface area contributed by atoms with Crippen LogP contribution >= 0.6 is 0 Å². The molecule has 5 heteroatoms. The summed E-state index contributed by atoms with van der Waals surface area (Å²) in [5.74, 6) is 0. The minimum Gasteiger partial charge on any atom is -0.388 e. The van der Waals surface area contributed by atoms with Crippen LogP contribution in [0.5, 0.6) is 0 Å². The molecule has 0 amide bonds. The molecule has 1 aromatic carbocycles. The number of aliphatic hydroxyl groups excluding tert-OH is 1. The number of benzene rings is 1. The van der Waals surface area contributed by atoms with E-state index in [0.717, 1.165) is 12.5 Å². The maximum Gasteiger partial charge on any atom is 0.198 e. The first kappa shape index (κ1) is 16.2. The van der Waals surface area contributed by atoms with Crippen LogP contribution in [0.4, 0.5) is 0 Å². The molecule has 2 aliphatic carbocycles. The number of fused-ring (bicyclic) bond motifs is 1. The van der Waals surface area contributed by atoms with E-state index in [2.05, 4.69) is 0 Å². The van der Waals surface area contributed by atoms with E-state index in [1.165, 1.54) is 12.1 Å². The fourth-order valence-electron chi connectivity index (χ4n) is 3.05. The molecule has 0 aromatic heterocycles. The predicted octanol–water partition coefficient (Wildman–Crippen LogP) is 1.10. The van der Waals surface area contributed by atoms with Crippen molar-refractivity contribution in [1.29, 1.82) is 0 Å². The summed E-state index contributed by atoms with van der Waals surface area (Å²) in [5.41, 5.74) is -2.76. The molecule has 1 unspecified atom stereocenters. The van der Waals surface area contributed by atoms with Crippen molar-refractivity contribution in [3.8, 4) is 0 Å². The van der Waals surface area contributed by atoms with Crippen LogP contribution < -0.4 is 21.7 Å². The van der Waals surface area contributed by atoms with Gasteiger partial charge in [0.25, 0.3) is 0 Å². The molecule has 1 aromatic rings. The van der Waals surface area contributed by atoms with Crippen molar-refractivity contribution in [2.75, 3.05) is 0 Å². The van der Waals surface area contributed by atoms with Gasteiger partial charge < -0.3 is 5.11 Å². The molecular formula is C19H16O5. The largest absolute Gasteiger partial charge is 0.388 e. The standard InChI is InChI=1S/C19H16O5/c1-2-3-8-13(20)12-9-14(21)15-16(19(12)24)18(23)11-7-5-4-6-10(11)17(15)22/h4-7,9,13,20H,2-3,8H2,1H3. The number of aliphatic hydroxyl groups is 1.